The number of amides is 4. The molecule has 7 heteroatoms. The summed E-state index contributed by atoms with van der Waals surface area (Å²) in [5.74, 6) is -0.851. The number of imide groups is 1. The van der Waals surface area contributed by atoms with E-state index in [-0.39, 0.29) is 11.9 Å². The van der Waals surface area contributed by atoms with Gasteiger partial charge in [0.1, 0.15) is 6.04 Å². The van der Waals surface area contributed by atoms with E-state index in [4.69, 9.17) is 5.73 Å². The Labute approximate surface area is 116 Å². The van der Waals surface area contributed by atoms with Crippen molar-refractivity contribution in [1.82, 2.24) is 10.2 Å². The van der Waals surface area contributed by atoms with Crippen molar-refractivity contribution in [3.8, 4) is 0 Å². The first-order valence-electron chi connectivity index (χ1n) is 6.24. The zero-order chi connectivity index (χ0) is 14.7. The number of carbonyl (C=O) groups is 3. The molecule has 1 aromatic carbocycles. The Bertz CT molecular complexity index is 558. The summed E-state index contributed by atoms with van der Waals surface area (Å²) in [5, 5.41) is 5.53. The summed E-state index contributed by atoms with van der Waals surface area (Å²) in [6.45, 7) is 2.49. The number of nitrogens with two attached hydrogens (primary N) is 1. The van der Waals surface area contributed by atoms with Gasteiger partial charge in [0.05, 0.1) is 0 Å². The van der Waals surface area contributed by atoms with Gasteiger partial charge in [-0.2, -0.15) is 0 Å². The second-order valence-electron chi connectivity index (χ2n) is 4.53. The number of rotatable bonds is 4. The highest BCUT2D eigenvalue weighted by atomic mass is 16.2. The van der Waals surface area contributed by atoms with Gasteiger partial charge >= 0.3 is 6.03 Å². The molecule has 0 aliphatic carbocycles. The summed E-state index contributed by atoms with van der Waals surface area (Å²) in [4.78, 5) is 35.8. The number of hydrogen-bond donors (Lipinski definition) is 3. The molecule has 7 nitrogen and oxygen atoms in total. The standard InChI is InChI=1S/C13H16N4O3/c1-8(12(19)17-6-5-15-13(17)20)16-10-4-2-3-9(7-10)11(14)18/h2-4,7-8,16H,5-6H2,1H3,(H2,14,18)(H,15,20)/t8-/m1/s1. The average molecular weight is 276 g/mol. The van der Waals surface area contributed by atoms with Crippen LogP contribution in [0, 0.1) is 0 Å². The van der Waals surface area contributed by atoms with Crippen LogP contribution < -0.4 is 16.4 Å². The molecule has 0 radical (unpaired) electrons. The monoisotopic (exact) mass is 276 g/mol. The molecule has 1 saturated heterocycles. The lowest BCUT2D eigenvalue weighted by molar-refractivity contribution is -0.128. The van der Waals surface area contributed by atoms with Crippen LogP contribution in [0.5, 0.6) is 0 Å². The van der Waals surface area contributed by atoms with Gasteiger partial charge in [0.15, 0.2) is 0 Å². The first kappa shape index (κ1) is 13.9. The van der Waals surface area contributed by atoms with Gasteiger partial charge in [-0.1, -0.05) is 6.07 Å². The first-order chi connectivity index (χ1) is 9.49. The number of anilines is 1. The number of benzene rings is 1. The molecule has 0 spiro atoms. The summed E-state index contributed by atoms with van der Waals surface area (Å²) >= 11 is 0. The van der Waals surface area contributed by atoms with Gasteiger partial charge in [-0.05, 0) is 25.1 Å². The van der Waals surface area contributed by atoms with Gasteiger partial charge in [-0.3, -0.25) is 14.5 Å². The highest BCUT2D eigenvalue weighted by Gasteiger charge is 2.29. The quantitative estimate of drug-likeness (QED) is 0.727. The second-order valence-corrected chi connectivity index (χ2v) is 4.53. The van der Waals surface area contributed by atoms with E-state index in [1.54, 1.807) is 31.2 Å². The van der Waals surface area contributed by atoms with E-state index in [1.165, 1.54) is 0 Å². The fourth-order valence-electron chi connectivity index (χ4n) is 1.99. The lowest BCUT2D eigenvalue weighted by Gasteiger charge is -2.19. The number of primary amides is 1. The molecule has 1 aliphatic rings. The van der Waals surface area contributed by atoms with Gasteiger partial charge < -0.3 is 16.4 Å². The van der Waals surface area contributed by atoms with Crippen LogP contribution in [0.15, 0.2) is 24.3 Å². The van der Waals surface area contributed by atoms with Crippen molar-refractivity contribution < 1.29 is 14.4 Å². The average Bonchev–Trinajstić information content (AvgIpc) is 2.84. The molecular formula is C13H16N4O3. The van der Waals surface area contributed by atoms with Crippen molar-refractivity contribution in [2.24, 2.45) is 5.73 Å². The lowest BCUT2D eigenvalue weighted by Crippen LogP contribution is -2.43. The maximum absolute atomic E-state index is 12.1. The van der Waals surface area contributed by atoms with Crippen LogP contribution >= 0.6 is 0 Å². The first-order valence-corrected chi connectivity index (χ1v) is 6.24. The Morgan fingerprint density at radius 1 is 1.45 bits per heavy atom. The van der Waals surface area contributed by atoms with Crippen molar-refractivity contribution in [1.29, 1.82) is 0 Å². The summed E-state index contributed by atoms with van der Waals surface area (Å²) in [6.07, 6.45) is 0. The van der Waals surface area contributed by atoms with E-state index >= 15 is 0 Å². The van der Waals surface area contributed by atoms with Crippen molar-refractivity contribution in [3.05, 3.63) is 29.8 Å². The molecule has 106 valence electrons. The summed E-state index contributed by atoms with van der Waals surface area (Å²) < 4.78 is 0. The van der Waals surface area contributed by atoms with Crippen molar-refractivity contribution >= 4 is 23.5 Å². The second kappa shape index (κ2) is 5.60. The topological polar surface area (TPSA) is 105 Å². The van der Waals surface area contributed by atoms with E-state index < -0.39 is 11.9 Å². The SMILES string of the molecule is C[C@@H](Nc1cccc(C(N)=O)c1)C(=O)N1CCNC1=O. The molecule has 4 N–H and O–H groups in total. The molecule has 1 aliphatic heterocycles. The minimum Gasteiger partial charge on any atom is -0.374 e. The van der Waals surface area contributed by atoms with Crippen LogP contribution in [0.3, 0.4) is 0 Å². The minimum absolute atomic E-state index is 0.315. The molecule has 20 heavy (non-hydrogen) atoms. The van der Waals surface area contributed by atoms with Crippen LogP contribution in [-0.2, 0) is 4.79 Å². The fraction of sp³-hybridized carbons (Fsp3) is 0.308. The van der Waals surface area contributed by atoms with Gasteiger partial charge in [0.25, 0.3) is 5.91 Å². The Balaban J connectivity index is 2.05. The Morgan fingerprint density at radius 3 is 2.80 bits per heavy atom. The van der Waals surface area contributed by atoms with E-state index in [2.05, 4.69) is 10.6 Å². The predicted molar refractivity (Wildman–Crippen MR) is 73.2 cm³/mol. The van der Waals surface area contributed by atoms with Crippen LogP contribution in [-0.4, -0.2) is 41.9 Å². The molecule has 4 amide bonds. The lowest BCUT2D eigenvalue weighted by atomic mass is 10.1. The maximum atomic E-state index is 12.1. The number of carbonyl (C=O) groups excluding carboxylic acids is 3. The van der Waals surface area contributed by atoms with Crippen molar-refractivity contribution in [2.45, 2.75) is 13.0 Å². The molecule has 1 fully saturated rings. The third kappa shape index (κ3) is 2.87. The molecule has 0 bridgehead atoms. The summed E-state index contributed by atoms with van der Waals surface area (Å²) in [5.41, 5.74) is 6.15. The van der Waals surface area contributed by atoms with Crippen molar-refractivity contribution in [3.63, 3.8) is 0 Å². The summed E-state index contributed by atoms with van der Waals surface area (Å²) in [6, 6.07) is 5.59. The molecular weight excluding hydrogens is 260 g/mol. The van der Waals surface area contributed by atoms with Gasteiger partial charge in [-0.15, -0.1) is 0 Å². The van der Waals surface area contributed by atoms with E-state index in [0.717, 1.165) is 4.90 Å². The molecule has 0 saturated carbocycles. The smallest absolute Gasteiger partial charge is 0.324 e. The highest BCUT2D eigenvalue weighted by molar-refractivity contribution is 5.99. The highest BCUT2D eigenvalue weighted by Crippen LogP contribution is 2.13. The maximum Gasteiger partial charge on any atom is 0.324 e. The largest absolute Gasteiger partial charge is 0.374 e. The van der Waals surface area contributed by atoms with Crippen LogP contribution in [0.2, 0.25) is 0 Å². The molecule has 1 heterocycles. The molecule has 1 aromatic rings. The molecule has 1 atom stereocenters. The number of urea groups is 1. The predicted octanol–water partition coefficient (Wildman–Crippen LogP) is 0.138. The molecule has 2 rings (SSSR count). The van der Waals surface area contributed by atoms with E-state index in [0.29, 0.717) is 24.3 Å². The minimum atomic E-state index is -0.582. The zero-order valence-electron chi connectivity index (χ0n) is 11.1. The summed E-state index contributed by atoms with van der Waals surface area (Å²) in [7, 11) is 0. The zero-order valence-corrected chi connectivity index (χ0v) is 11.1. The van der Waals surface area contributed by atoms with Crippen LogP contribution in [0.1, 0.15) is 17.3 Å². The third-order valence-corrected chi connectivity index (χ3v) is 3.02. The van der Waals surface area contributed by atoms with Gasteiger partial charge in [-0.25, -0.2) is 4.79 Å². The Morgan fingerprint density at radius 2 is 2.20 bits per heavy atom. The van der Waals surface area contributed by atoms with Gasteiger partial charge in [0, 0.05) is 24.3 Å². The van der Waals surface area contributed by atoms with Gasteiger partial charge in [0.2, 0.25) is 5.91 Å². The third-order valence-electron chi connectivity index (χ3n) is 3.02. The fourth-order valence-corrected chi connectivity index (χ4v) is 1.99. The van der Waals surface area contributed by atoms with E-state index in [1.807, 2.05) is 0 Å². The molecule has 0 unspecified atom stereocenters. The Hall–Kier alpha value is -2.57. The molecule has 0 aromatic heterocycles. The van der Waals surface area contributed by atoms with Crippen molar-refractivity contribution in [2.75, 3.05) is 18.4 Å². The van der Waals surface area contributed by atoms with Crippen LogP contribution in [0.25, 0.3) is 0 Å². The normalized spacial score (nSPS) is 15.7. The number of nitrogens with one attached hydrogen (secondary N) is 2. The van der Waals surface area contributed by atoms with Crippen LogP contribution in [0.4, 0.5) is 10.5 Å². The van der Waals surface area contributed by atoms with E-state index in [9.17, 15) is 14.4 Å². The number of hydrogen-bond acceptors (Lipinski definition) is 4. The Kier molecular flexibility index (Phi) is 3.88. The number of nitrogens with zero attached hydrogens (tertiary/aromatic N) is 1.